The van der Waals surface area contributed by atoms with Crippen LogP contribution in [-0.4, -0.2) is 100 Å². The Kier molecular flexibility index (Phi) is 17.9. The van der Waals surface area contributed by atoms with Crippen LogP contribution in [0, 0.1) is 18.8 Å². The molecule has 0 aliphatic heterocycles. The summed E-state index contributed by atoms with van der Waals surface area (Å²) in [5.41, 5.74) is 13.4. The highest BCUT2D eigenvalue weighted by Gasteiger charge is 2.35. The van der Waals surface area contributed by atoms with Crippen LogP contribution in [0.2, 0.25) is 0 Å². The number of carbonyl (C=O) groups is 8. The number of hydrogen-bond acceptors (Lipinski definition) is 10. The van der Waals surface area contributed by atoms with Crippen LogP contribution >= 0.6 is 0 Å². The number of rotatable bonds is 21. The second-order valence-corrected chi connectivity index (χ2v) is 14.3. The lowest BCUT2D eigenvalue weighted by atomic mass is 9.99. The molecule has 0 spiro atoms. The minimum atomic E-state index is -1.72. The summed E-state index contributed by atoms with van der Waals surface area (Å²) < 4.78 is 0. The van der Waals surface area contributed by atoms with Gasteiger partial charge in [-0.2, -0.15) is 0 Å². The molecule has 2 aromatic carbocycles. The van der Waals surface area contributed by atoms with Crippen LogP contribution in [0.25, 0.3) is 0 Å². The Bertz CT molecular complexity index is 1720. The number of nitrogens with two attached hydrogens (primary N) is 2. The molecular weight excluding hydrogens is 728 g/mol. The summed E-state index contributed by atoms with van der Waals surface area (Å²) in [6, 6.07) is 5.36. The third-order valence-electron chi connectivity index (χ3n) is 8.62. The van der Waals surface area contributed by atoms with Gasteiger partial charge in [0.2, 0.25) is 41.4 Å². The number of phenols is 1. The molecule has 56 heavy (non-hydrogen) atoms. The van der Waals surface area contributed by atoms with E-state index in [4.69, 9.17) is 11.5 Å². The first-order valence-corrected chi connectivity index (χ1v) is 18.1. The molecule has 0 radical (unpaired) electrons. The first kappa shape index (κ1) is 46.1. The Morgan fingerprint density at radius 3 is 1.62 bits per heavy atom. The summed E-state index contributed by atoms with van der Waals surface area (Å²) in [6.07, 6.45) is -0.883. The standard InChI is InChI=1S/C38H54N8O10/c1-19(2)31(37(55)41-18-29(40)48)46-38(56)32(20(3)4)45-36(54)28(17-30(49)50)44-35(53)27(16-24-9-7-21(5)8-10-24)43-33(51)22(6)42-34(52)26(39)15-23-11-13-25(47)14-12-23/h7-14,19-20,22,26-28,31-32,47H,15-18,39H2,1-6H3,(H2,40,48)(H,41,55)(H,42,52)(H,43,51)(H,44,53)(H,45,54)(H,46,56)(H,49,50)/t22-,26+,27+,28+,31+,32+/m1/s1. The van der Waals surface area contributed by atoms with Gasteiger partial charge in [0.15, 0.2) is 0 Å². The highest BCUT2D eigenvalue weighted by atomic mass is 16.4. The molecule has 12 N–H and O–H groups in total. The van der Waals surface area contributed by atoms with Crippen molar-refractivity contribution in [3.05, 3.63) is 65.2 Å². The van der Waals surface area contributed by atoms with Gasteiger partial charge in [0.1, 0.15) is 36.0 Å². The topological polar surface area (TPSA) is 301 Å². The molecule has 18 heteroatoms. The van der Waals surface area contributed by atoms with E-state index in [-0.39, 0.29) is 18.6 Å². The molecule has 2 rings (SSSR count). The Morgan fingerprint density at radius 2 is 1.09 bits per heavy atom. The van der Waals surface area contributed by atoms with E-state index in [2.05, 4.69) is 31.9 Å². The maximum absolute atomic E-state index is 13.8. The van der Waals surface area contributed by atoms with Gasteiger partial charge in [0, 0.05) is 6.42 Å². The highest BCUT2D eigenvalue weighted by molar-refractivity contribution is 5.98. The van der Waals surface area contributed by atoms with E-state index >= 15 is 0 Å². The highest BCUT2D eigenvalue weighted by Crippen LogP contribution is 2.12. The lowest BCUT2D eigenvalue weighted by molar-refractivity contribution is -0.141. The van der Waals surface area contributed by atoms with Gasteiger partial charge in [0.05, 0.1) is 19.0 Å². The first-order valence-electron chi connectivity index (χ1n) is 18.1. The van der Waals surface area contributed by atoms with Crippen molar-refractivity contribution in [3.63, 3.8) is 0 Å². The number of carboxylic acid groups (broad SMARTS) is 1. The Balaban J connectivity index is 2.26. The lowest BCUT2D eigenvalue weighted by Gasteiger charge is -2.29. The van der Waals surface area contributed by atoms with Gasteiger partial charge < -0.3 is 53.6 Å². The fourth-order valence-corrected chi connectivity index (χ4v) is 5.34. The summed E-state index contributed by atoms with van der Waals surface area (Å²) in [5.74, 6) is -8.12. The molecular formula is C38H54N8O10. The number of carbonyl (C=O) groups excluding carboxylic acids is 7. The number of benzene rings is 2. The maximum Gasteiger partial charge on any atom is 0.305 e. The summed E-state index contributed by atoms with van der Waals surface area (Å²) in [7, 11) is 0. The zero-order valence-corrected chi connectivity index (χ0v) is 32.4. The second kappa shape index (κ2) is 21.7. The minimum Gasteiger partial charge on any atom is -0.508 e. The van der Waals surface area contributed by atoms with Crippen molar-refractivity contribution in [3.8, 4) is 5.75 Å². The Labute approximate surface area is 325 Å². The summed E-state index contributed by atoms with van der Waals surface area (Å²) in [6.45, 7) is 9.25. The zero-order chi connectivity index (χ0) is 42.3. The number of hydrogen-bond donors (Lipinski definition) is 10. The Hall–Kier alpha value is -6.04. The molecule has 0 unspecified atom stereocenters. The van der Waals surface area contributed by atoms with E-state index in [1.807, 2.05) is 6.92 Å². The second-order valence-electron chi connectivity index (χ2n) is 14.3. The van der Waals surface area contributed by atoms with Gasteiger partial charge >= 0.3 is 5.97 Å². The number of phenolic OH excluding ortho intramolecular Hbond substituents is 1. The van der Waals surface area contributed by atoms with Crippen LogP contribution in [0.4, 0.5) is 0 Å². The smallest absolute Gasteiger partial charge is 0.305 e. The van der Waals surface area contributed by atoms with Crippen molar-refractivity contribution in [2.45, 2.75) is 97.1 Å². The molecule has 7 amide bonds. The fraction of sp³-hybridized carbons (Fsp3) is 0.474. The molecule has 18 nitrogen and oxygen atoms in total. The minimum absolute atomic E-state index is 0.0429. The van der Waals surface area contributed by atoms with E-state index in [1.54, 1.807) is 64.1 Å². The van der Waals surface area contributed by atoms with Crippen molar-refractivity contribution in [1.29, 1.82) is 0 Å². The number of carboxylic acids is 1. The monoisotopic (exact) mass is 782 g/mol. The quantitative estimate of drug-likeness (QED) is 0.0706. The van der Waals surface area contributed by atoms with Gasteiger partial charge in [0.25, 0.3) is 0 Å². The van der Waals surface area contributed by atoms with E-state index in [0.717, 1.165) is 5.56 Å². The van der Waals surface area contributed by atoms with Gasteiger partial charge in [-0.25, -0.2) is 0 Å². The predicted molar refractivity (Wildman–Crippen MR) is 204 cm³/mol. The number of nitrogens with one attached hydrogen (secondary N) is 6. The third kappa shape index (κ3) is 15.4. The van der Waals surface area contributed by atoms with Crippen molar-refractivity contribution in [2.75, 3.05) is 6.54 Å². The molecule has 0 aliphatic carbocycles. The van der Waals surface area contributed by atoms with E-state index in [0.29, 0.717) is 11.1 Å². The summed E-state index contributed by atoms with van der Waals surface area (Å²) in [5, 5.41) is 34.0. The van der Waals surface area contributed by atoms with Crippen LogP contribution in [-0.2, 0) is 51.2 Å². The zero-order valence-electron chi connectivity index (χ0n) is 32.4. The molecule has 6 atom stereocenters. The number of aromatic hydroxyl groups is 1. The number of amides is 7. The summed E-state index contributed by atoms with van der Waals surface area (Å²) in [4.78, 5) is 103. The third-order valence-corrected chi connectivity index (χ3v) is 8.62. The van der Waals surface area contributed by atoms with Crippen molar-refractivity contribution in [2.24, 2.45) is 23.3 Å². The molecule has 0 saturated carbocycles. The van der Waals surface area contributed by atoms with Gasteiger partial charge in [-0.15, -0.1) is 0 Å². The molecule has 0 aromatic heterocycles. The number of aliphatic carboxylic acids is 1. The molecule has 306 valence electrons. The van der Waals surface area contributed by atoms with Crippen molar-refractivity contribution >= 4 is 47.3 Å². The molecule has 0 bridgehead atoms. The lowest BCUT2D eigenvalue weighted by Crippen LogP contribution is -2.61. The average molecular weight is 783 g/mol. The van der Waals surface area contributed by atoms with Crippen LogP contribution in [0.1, 0.15) is 57.7 Å². The van der Waals surface area contributed by atoms with Crippen LogP contribution < -0.4 is 43.4 Å². The van der Waals surface area contributed by atoms with E-state index in [9.17, 15) is 48.6 Å². The SMILES string of the molecule is Cc1ccc(C[C@H](NC(=O)[C@@H](C)NC(=O)[C@@H](N)Cc2ccc(O)cc2)C(=O)N[C@@H](CC(=O)O)C(=O)N[C@H](C(=O)N[C@H](C(=O)NCC(N)=O)C(C)C)C(C)C)cc1. The fourth-order valence-electron chi connectivity index (χ4n) is 5.34. The summed E-state index contributed by atoms with van der Waals surface area (Å²) >= 11 is 0. The predicted octanol–water partition coefficient (Wildman–Crippen LogP) is -1.35. The number of primary amides is 1. The van der Waals surface area contributed by atoms with Gasteiger partial charge in [-0.1, -0.05) is 69.7 Å². The van der Waals surface area contributed by atoms with Crippen molar-refractivity contribution in [1.82, 2.24) is 31.9 Å². The van der Waals surface area contributed by atoms with E-state index < -0.39 is 108 Å². The normalized spacial score (nSPS) is 14.2. The average Bonchev–Trinajstić information content (AvgIpc) is 3.12. The molecule has 0 fully saturated rings. The molecule has 2 aromatic rings. The molecule has 0 heterocycles. The first-order chi connectivity index (χ1) is 26.2. The maximum atomic E-state index is 13.8. The number of aryl methyl sites for hydroxylation is 1. The van der Waals surface area contributed by atoms with Crippen LogP contribution in [0.15, 0.2) is 48.5 Å². The largest absolute Gasteiger partial charge is 0.508 e. The van der Waals surface area contributed by atoms with Crippen LogP contribution in [0.3, 0.4) is 0 Å². The van der Waals surface area contributed by atoms with Crippen molar-refractivity contribution < 1.29 is 48.6 Å². The van der Waals surface area contributed by atoms with E-state index in [1.165, 1.54) is 19.1 Å². The molecule has 0 saturated heterocycles. The van der Waals surface area contributed by atoms with Gasteiger partial charge in [-0.05, 0) is 55.4 Å². The molecule has 0 aliphatic rings. The Morgan fingerprint density at radius 1 is 0.607 bits per heavy atom. The van der Waals surface area contributed by atoms with Crippen LogP contribution in [0.5, 0.6) is 5.75 Å². The van der Waals surface area contributed by atoms with Gasteiger partial charge in [-0.3, -0.25) is 38.4 Å².